The zero-order valence-electron chi connectivity index (χ0n) is 7.41. The maximum Gasteiger partial charge on any atom is 0.0627 e. The Morgan fingerprint density at radius 2 is 2.18 bits per heavy atom. The number of oxime groups is 1. The van der Waals surface area contributed by atoms with Crippen molar-refractivity contribution in [1.29, 1.82) is 0 Å². The van der Waals surface area contributed by atoms with Gasteiger partial charge in [0.15, 0.2) is 0 Å². The molecule has 0 amide bonds. The van der Waals surface area contributed by atoms with E-state index in [9.17, 15) is 0 Å². The average Bonchev–Trinajstić information content (AvgIpc) is 1.97. The molecule has 0 saturated carbocycles. The molecule has 1 rings (SSSR count). The molecule has 0 aromatic heterocycles. The Bertz CT molecular complexity index is 167. The second-order valence-electron chi connectivity index (χ2n) is 3.49. The lowest BCUT2D eigenvalue weighted by molar-refractivity contribution is 0.216. The lowest BCUT2D eigenvalue weighted by atomic mass is 9.93. The normalized spacial score (nSPS) is 37.9. The van der Waals surface area contributed by atoms with Gasteiger partial charge in [-0.2, -0.15) is 0 Å². The summed E-state index contributed by atoms with van der Waals surface area (Å²) in [5.41, 5.74) is 0.940. The Labute approximate surface area is 67.7 Å². The van der Waals surface area contributed by atoms with Gasteiger partial charge in [-0.3, -0.25) is 0 Å². The van der Waals surface area contributed by atoms with Gasteiger partial charge >= 0.3 is 0 Å². The molecule has 0 aromatic carbocycles. The first-order chi connectivity index (χ1) is 5.15. The van der Waals surface area contributed by atoms with Crippen LogP contribution < -0.4 is 0 Å². The van der Waals surface area contributed by atoms with Crippen LogP contribution in [0.2, 0.25) is 0 Å². The highest BCUT2D eigenvalue weighted by molar-refractivity contribution is 5.87. The molecule has 64 valence electrons. The van der Waals surface area contributed by atoms with E-state index < -0.39 is 0 Å². The Morgan fingerprint density at radius 1 is 1.55 bits per heavy atom. The van der Waals surface area contributed by atoms with Crippen LogP contribution in [0.25, 0.3) is 0 Å². The molecule has 1 aliphatic heterocycles. The molecule has 0 aliphatic carbocycles. The summed E-state index contributed by atoms with van der Waals surface area (Å²) in [5.74, 6) is 0.404. The molecule has 0 aromatic rings. The van der Waals surface area contributed by atoms with Gasteiger partial charge in [-0.25, -0.2) is 0 Å². The molecular weight excluding hydrogens is 140 g/mol. The quantitative estimate of drug-likeness (QED) is 0.422. The Morgan fingerprint density at radius 3 is 2.73 bits per heavy atom. The van der Waals surface area contributed by atoms with Crippen molar-refractivity contribution in [3.05, 3.63) is 0 Å². The van der Waals surface area contributed by atoms with E-state index >= 15 is 0 Å². The predicted molar refractivity (Wildman–Crippen MR) is 45.1 cm³/mol. The van der Waals surface area contributed by atoms with Crippen LogP contribution in [-0.2, 0) is 0 Å². The fourth-order valence-corrected chi connectivity index (χ4v) is 1.52. The molecule has 0 unspecified atom stereocenters. The van der Waals surface area contributed by atoms with E-state index in [1.165, 1.54) is 0 Å². The molecule has 1 aliphatic rings. The largest absolute Gasteiger partial charge is 0.411 e. The zero-order chi connectivity index (χ0) is 8.43. The fraction of sp³-hybridized carbons (Fsp3) is 0.875. The molecule has 1 fully saturated rings. The van der Waals surface area contributed by atoms with Crippen LogP contribution in [0, 0.1) is 5.92 Å². The van der Waals surface area contributed by atoms with E-state index in [1.54, 1.807) is 0 Å². The van der Waals surface area contributed by atoms with Crippen molar-refractivity contribution < 1.29 is 5.21 Å². The third-order valence-electron chi connectivity index (χ3n) is 2.52. The minimum Gasteiger partial charge on any atom is -0.411 e. The van der Waals surface area contributed by atoms with Crippen molar-refractivity contribution in [1.82, 2.24) is 4.90 Å². The molecular formula is C8H16N2O. The molecule has 0 radical (unpaired) electrons. The summed E-state index contributed by atoms with van der Waals surface area (Å²) in [6.07, 6.45) is 0.897. The molecule has 1 heterocycles. The van der Waals surface area contributed by atoms with E-state index in [2.05, 4.69) is 31.0 Å². The van der Waals surface area contributed by atoms with Gasteiger partial charge < -0.3 is 10.1 Å². The highest BCUT2D eigenvalue weighted by Crippen LogP contribution is 2.17. The Balaban J connectivity index is 2.62. The topological polar surface area (TPSA) is 35.8 Å². The number of piperidine rings is 1. The molecule has 0 spiro atoms. The van der Waals surface area contributed by atoms with Crippen LogP contribution in [0.5, 0.6) is 0 Å². The summed E-state index contributed by atoms with van der Waals surface area (Å²) >= 11 is 0. The molecule has 11 heavy (non-hydrogen) atoms. The van der Waals surface area contributed by atoms with E-state index in [-0.39, 0.29) is 0 Å². The fourth-order valence-electron chi connectivity index (χ4n) is 1.52. The summed E-state index contributed by atoms with van der Waals surface area (Å²) in [5, 5.41) is 11.9. The summed E-state index contributed by atoms with van der Waals surface area (Å²) in [6, 6.07) is 0.511. The second kappa shape index (κ2) is 3.22. The van der Waals surface area contributed by atoms with Gasteiger partial charge in [-0.05, 0) is 14.0 Å². The monoisotopic (exact) mass is 156 g/mol. The van der Waals surface area contributed by atoms with Gasteiger partial charge in [0, 0.05) is 24.9 Å². The van der Waals surface area contributed by atoms with Gasteiger partial charge in [0.1, 0.15) is 0 Å². The Hall–Kier alpha value is -0.570. The average molecular weight is 156 g/mol. The van der Waals surface area contributed by atoms with E-state index in [0.29, 0.717) is 12.0 Å². The highest BCUT2D eigenvalue weighted by atomic mass is 16.4. The van der Waals surface area contributed by atoms with Crippen LogP contribution in [0.3, 0.4) is 0 Å². The first-order valence-corrected chi connectivity index (χ1v) is 4.06. The van der Waals surface area contributed by atoms with Crippen molar-refractivity contribution in [2.45, 2.75) is 26.3 Å². The van der Waals surface area contributed by atoms with Crippen LogP contribution >= 0.6 is 0 Å². The standard InChI is InChI=1S/C8H16N2O/c1-6-5-10(3)7(2)4-8(6)9-11/h6-7,11H,4-5H2,1-3H3/b9-8-/t6-,7+/m1/s1. The number of hydrogen-bond donors (Lipinski definition) is 1. The van der Waals surface area contributed by atoms with E-state index in [0.717, 1.165) is 18.7 Å². The molecule has 1 saturated heterocycles. The molecule has 1 N–H and O–H groups in total. The van der Waals surface area contributed by atoms with Crippen molar-refractivity contribution in [2.75, 3.05) is 13.6 Å². The third kappa shape index (κ3) is 1.71. The molecule has 2 atom stereocenters. The van der Waals surface area contributed by atoms with Crippen LogP contribution in [0.15, 0.2) is 5.16 Å². The van der Waals surface area contributed by atoms with E-state index in [1.807, 2.05) is 0 Å². The lowest BCUT2D eigenvalue weighted by Gasteiger charge is -2.33. The molecule has 0 bridgehead atoms. The van der Waals surface area contributed by atoms with Gasteiger partial charge in [0.25, 0.3) is 0 Å². The smallest absolute Gasteiger partial charge is 0.0627 e. The van der Waals surface area contributed by atoms with Crippen LogP contribution in [0.1, 0.15) is 20.3 Å². The zero-order valence-corrected chi connectivity index (χ0v) is 7.41. The number of rotatable bonds is 0. The SMILES string of the molecule is C[C@@H]1CN(C)[C@@H](C)C/C1=N/O. The minimum atomic E-state index is 0.404. The molecule has 3 nitrogen and oxygen atoms in total. The van der Waals surface area contributed by atoms with Crippen molar-refractivity contribution in [3.8, 4) is 0 Å². The van der Waals surface area contributed by atoms with Crippen molar-refractivity contribution in [2.24, 2.45) is 11.1 Å². The summed E-state index contributed by atoms with van der Waals surface area (Å²) < 4.78 is 0. The highest BCUT2D eigenvalue weighted by Gasteiger charge is 2.25. The van der Waals surface area contributed by atoms with Crippen molar-refractivity contribution >= 4 is 5.71 Å². The number of nitrogens with zero attached hydrogens (tertiary/aromatic N) is 2. The predicted octanol–water partition coefficient (Wildman–Crippen LogP) is 1.18. The molecule has 3 heteroatoms. The minimum absolute atomic E-state index is 0.404. The first-order valence-electron chi connectivity index (χ1n) is 4.06. The number of hydrogen-bond acceptors (Lipinski definition) is 3. The van der Waals surface area contributed by atoms with Gasteiger partial charge in [-0.1, -0.05) is 12.1 Å². The van der Waals surface area contributed by atoms with E-state index in [4.69, 9.17) is 5.21 Å². The maximum atomic E-state index is 8.63. The maximum absolute atomic E-state index is 8.63. The Kier molecular flexibility index (Phi) is 2.49. The van der Waals surface area contributed by atoms with Crippen molar-refractivity contribution in [3.63, 3.8) is 0 Å². The van der Waals surface area contributed by atoms with Gasteiger partial charge in [0.2, 0.25) is 0 Å². The number of likely N-dealkylation sites (tertiary alicyclic amines) is 1. The van der Waals surface area contributed by atoms with Crippen LogP contribution in [0.4, 0.5) is 0 Å². The summed E-state index contributed by atoms with van der Waals surface area (Å²) in [6.45, 7) is 5.25. The first kappa shape index (κ1) is 8.53. The van der Waals surface area contributed by atoms with Gasteiger partial charge in [0.05, 0.1) is 5.71 Å². The lowest BCUT2D eigenvalue weighted by Crippen LogP contribution is -2.42. The summed E-state index contributed by atoms with van der Waals surface area (Å²) in [7, 11) is 2.11. The summed E-state index contributed by atoms with van der Waals surface area (Å²) in [4.78, 5) is 2.29. The third-order valence-corrected chi connectivity index (χ3v) is 2.52. The van der Waals surface area contributed by atoms with Gasteiger partial charge in [-0.15, -0.1) is 0 Å². The van der Waals surface area contributed by atoms with Crippen LogP contribution in [-0.4, -0.2) is 35.5 Å². The second-order valence-corrected chi connectivity index (χ2v) is 3.49.